The Labute approximate surface area is 120 Å². The van der Waals surface area contributed by atoms with Crippen LogP contribution in [0.15, 0.2) is 30.3 Å². The van der Waals surface area contributed by atoms with E-state index in [1.807, 2.05) is 37.3 Å². The molecule has 0 spiro atoms. The van der Waals surface area contributed by atoms with E-state index in [-0.39, 0.29) is 17.9 Å². The minimum atomic E-state index is -0.282. The molecule has 0 radical (unpaired) electrons. The van der Waals surface area contributed by atoms with E-state index < -0.39 is 0 Å². The number of rotatable bonds is 9. The monoisotopic (exact) mass is 276 g/mol. The average molecular weight is 276 g/mol. The predicted molar refractivity (Wildman–Crippen MR) is 80.0 cm³/mol. The Bertz CT molecular complexity index is 418. The molecule has 0 aliphatic carbocycles. The summed E-state index contributed by atoms with van der Waals surface area (Å²) in [5, 5.41) is 3.02. The molecule has 110 valence electrons. The van der Waals surface area contributed by atoms with Gasteiger partial charge in [0.2, 0.25) is 11.8 Å². The van der Waals surface area contributed by atoms with Crippen molar-refractivity contribution in [1.82, 2.24) is 5.32 Å². The van der Waals surface area contributed by atoms with Crippen molar-refractivity contribution in [1.29, 1.82) is 0 Å². The van der Waals surface area contributed by atoms with Gasteiger partial charge in [0.15, 0.2) is 0 Å². The molecule has 4 heteroatoms. The smallest absolute Gasteiger partial charge is 0.220 e. The summed E-state index contributed by atoms with van der Waals surface area (Å²) in [6.45, 7) is 2.03. The van der Waals surface area contributed by atoms with Crippen LogP contribution in [0.5, 0.6) is 0 Å². The lowest BCUT2D eigenvalue weighted by molar-refractivity contribution is -0.121. The first-order valence-electron chi connectivity index (χ1n) is 7.23. The fourth-order valence-corrected chi connectivity index (χ4v) is 2.10. The molecule has 0 fully saturated rings. The quantitative estimate of drug-likeness (QED) is 0.725. The highest BCUT2D eigenvalue weighted by Crippen LogP contribution is 2.06. The molecule has 1 atom stereocenters. The fourth-order valence-electron chi connectivity index (χ4n) is 2.10. The molecule has 0 aliphatic rings. The first kappa shape index (κ1) is 16.2. The molecule has 0 saturated carbocycles. The van der Waals surface area contributed by atoms with Gasteiger partial charge in [-0.15, -0.1) is 0 Å². The molecule has 1 aromatic rings. The Balaban J connectivity index is 2.26. The first-order chi connectivity index (χ1) is 9.61. The molecule has 0 aliphatic heterocycles. The molecule has 1 aromatic carbocycles. The lowest BCUT2D eigenvalue weighted by atomic mass is 10.1. The Kier molecular flexibility index (Phi) is 7.40. The maximum absolute atomic E-state index is 11.9. The van der Waals surface area contributed by atoms with Crippen LogP contribution in [-0.4, -0.2) is 17.9 Å². The first-order valence-corrected chi connectivity index (χ1v) is 7.23. The van der Waals surface area contributed by atoms with Crippen LogP contribution in [0, 0.1) is 0 Å². The number of nitrogens with two attached hydrogens (primary N) is 1. The molecule has 2 amide bonds. The third-order valence-corrected chi connectivity index (χ3v) is 3.32. The summed E-state index contributed by atoms with van der Waals surface area (Å²) in [4.78, 5) is 22.6. The van der Waals surface area contributed by atoms with Gasteiger partial charge in [0.25, 0.3) is 0 Å². The van der Waals surface area contributed by atoms with Gasteiger partial charge in [0, 0.05) is 18.9 Å². The highest BCUT2D eigenvalue weighted by atomic mass is 16.2. The zero-order chi connectivity index (χ0) is 14.8. The van der Waals surface area contributed by atoms with Gasteiger partial charge < -0.3 is 11.1 Å². The van der Waals surface area contributed by atoms with E-state index in [2.05, 4.69) is 5.32 Å². The largest absolute Gasteiger partial charge is 0.370 e. The zero-order valence-corrected chi connectivity index (χ0v) is 12.1. The number of carbonyl (C=O) groups is 2. The van der Waals surface area contributed by atoms with Gasteiger partial charge in [-0.05, 0) is 31.2 Å². The third-order valence-electron chi connectivity index (χ3n) is 3.32. The van der Waals surface area contributed by atoms with Crippen molar-refractivity contribution in [2.45, 2.75) is 51.5 Å². The highest BCUT2D eigenvalue weighted by Gasteiger charge is 2.10. The number of hydrogen-bond donors (Lipinski definition) is 2. The van der Waals surface area contributed by atoms with E-state index >= 15 is 0 Å². The van der Waals surface area contributed by atoms with Crippen molar-refractivity contribution in [2.75, 3.05) is 0 Å². The van der Waals surface area contributed by atoms with Crippen LogP contribution in [0.3, 0.4) is 0 Å². The zero-order valence-electron chi connectivity index (χ0n) is 12.1. The van der Waals surface area contributed by atoms with Crippen LogP contribution in [0.4, 0.5) is 0 Å². The number of amides is 2. The van der Waals surface area contributed by atoms with Gasteiger partial charge in [0.1, 0.15) is 0 Å². The van der Waals surface area contributed by atoms with Crippen LogP contribution in [0.1, 0.15) is 44.6 Å². The average Bonchev–Trinajstić information content (AvgIpc) is 2.44. The minimum absolute atomic E-state index is 0.0692. The molecule has 0 heterocycles. The van der Waals surface area contributed by atoms with Crippen LogP contribution in [0.2, 0.25) is 0 Å². The van der Waals surface area contributed by atoms with Gasteiger partial charge in [-0.3, -0.25) is 9.59 Å². The second-order valence-corrected chi connectivity index (χ2v) is 5.02. The summed E-state index contributed by atoms with van der Waals surface area (Å²) in [6.07, 6.45) is 4.04. The maximum Gasteiger partial charge on any atom is 0.220 e. The molecule has 0 saturated heterocycles. The molecule has 3 N–H and O–H groups in total. The van der Waals surface area contributed by atoms with Crippen LogP contribution in [0.25, 0.3) is 0 Å². The lowest BCUT2D eigenvalue weighted by Gasteiger charge is -2.16. The number of nitrogens with one attached hydrogen (secondary N) is 1. The topological polar surface area (TPSA) is 72.2 Å². The minimum Gasteiger partial charge on any atom is -0.370 e. The molecule has 20 heavy (non-hydrogen) atoms. The molecule has 0 aromatic heterocycles. The second kappa shape index (κ2) is 9.13. The summed E-state index contributed by atoms with van der Waals surface area (Å²) in [5.74, 6) is -0.213. The molecular weight excluding hydrogens is 252 g/mol. The van der Waals surface area contributed by atoms with E-state index in [0.717, 1.165) is 25.7 Å². The summed E-state index contributed by atoms with van der Waals surface area (Å²) in [5.41, 5.74) is 6.28. The second-order valence-electron chi connectivity index (χ2n) is 5.02. The third kappa shape index (κ3) is 6.92. The molecule has 1 rings (SSSR count). The fraction of sp³-hybridized carbons (Fsp3) is 0.500. The predicted octanol–water partition coefficient (Wildman–Crippen LogP) is 2.17. The maximum atomic E-state index is 11.9. The normalized spacial score (nSPS) is 11.8. The molecule has 0 bridgehead atoms. The molecular formula is C16H24N2O2. The Hall–Kier alpha value is -1.84. The summed E-state index contributed by atoms with van der Waals surface area (Å²) in [7, 11) is 0. The van der Waals surface area contributed by atoms with Gasteiger partial charge in [-0.2, -0.15) is 0 Å². The SMILES string of the molecule is CCC(CCCC(N)=O)NC(=O)CCc1ccccc1. The summed E-state index contributed by atoms with van der Waals surface area (Å²) >= 11 is 0. The van der Waals surface area contributed by atoms with E-state index in [0.29, 0.717) is 12.8 Å². The Morgan fingerprint density at radius 2 is 1.90 bits per heavy atom. The summed E-state index contributed by atoms with van der Waals surface area (Å²) < 4.78 is 0. The van der Waals surface area contributed by atoms with Crippen molar-refractivity contribution < 1.29 is 9.59 Å². The number of hydrogen-bond acceptors (Lipinski definition) is 2. The number of benzene rings is 1. The van der Waals surface area contributed by atoms with E-state index in [1.54, 1.807) is 0 Å². The van der Waals surface area contributed by atoms with Crippen LogP contribution >= 0.6 is 0 Å². The van der Waals surface area contributed by atoms with Crippen molar-refractivity contribution >= 4 is 11.8 Å². The van der Waals surface area contributed by atoms with E-state index in [9.17, 15) is 9.59 Å². The standard InChI is InChI=1S/C16H24N2O2/c1-2-14(9-6-10-15(17)19)18-16(20)12-11-13-7-4-3-5-8-13/h3-5,7-8,14H,2,6,9-12H2,1H3,(H2,17,19)(H,18,20). The summed E-state index contributed by atoms with van der Waals surface area (Å²) in [6, 6.07) is 10.1. The number of carbonyl (C=O) groups excluding carboxylic acids is 2. The van der Waals surface area contributed by atoms with E-state index in [1.165, 1.54) is 5.56 Å². The number of aryl methyl sites for hydroxylation is 1. The molecule has 1 unspecified atom stereocenters. The highest BCUT2D eigenvalue weighted by molar-refractivity contribution is 5.76. The van der Waals surface area contributed by atoms with Crippen LogP contribution < -0.4 is 11.1 Å². The van der Waals surface area contributed by atoms with Crippen molar-refractivity contribution in [3.05, 3.63) is 35.9 Å². The molecule has 4 nitrogen and oxygen atoms in total. The Morgan fingerprint density at radius 1 is 1.20 bits per heavy atom. The lowest BCUT2D eigenvalue weighted by Crippen LogP contribution is -2.34. The van der Waals surface area contributed by atoms with Gasteiger partial charge in [-0.1, -0.05) is 37.3 Å². The van der Waals surface area contributed by atoms with Crippen molar-refractivity contribution in [2.24, 2.45) is 5.73 Å². The Morgan fingerprint density at radius 3 is 2.50 bits per heavy atom. The van der Waals surface area contributed by atoms with Crippen LogP contribution in [-0.2, 0) is 16.0 Å². The van der Waals surface area contributed by atoms with Crippen molar-refractivity contribution in [3.8, 4) is 0 Å². The van der Waals surface area contributed by atoms with Gasteiger partial charge in [-0.25, -0.2) is 0 Å². The van der Waals surface area contributed by atoms with Gasteiger partial charge in [0.05, 0.1) is 0 Å². The van der Waals surface area contributed by atoms with Crippen molar-refractivity contribution in [3.63, 3.8) is 0 Å². The van der Waals surface area contributed by atoms with Gasteiger partial charge >= 0.3 is 0 Å². The number of primary amides is 1. The van der Waals surface area contributed by atoms with E-state index in [4.69, 9.17) is 5.73 Å².